The van der Waals surface area contributed by atoms with Crippen LogP contribution in [0.5, 0.6) is 0 Å². The van der Waals surface area contributed by atoms with Crippen molar-refractivity contribution in [2.45, 2.75) is 32.4 Å². The largest absolute Gasteiger partial charge is 0.480 e. The molecule has 20 heavy (non-hydrogen) atoms. The molecule has 2 amide bonds. The summed E-state index contributed by atoms with van der Waals surface area (Å²) in [6.07, 6.45) is 0.342. The van der Waals surface area contributed by atoms with Gasteiger partial charge in [-0.3, -0.25) is 4.90 Å². The molecule has 0 bridgehead atoms. The standard InChI is InChI=1S/C13H25N3O4/c1-4-11(12(17)18)15(3)13(19)14-8-10-9-16(5-2)6-7-20-10/h10-11H,4-9H2,1-3H3,(H,14,19)(H,17,18). The summed E-state index contributed by atoms with van der Waals surface area (Å²) in [5.41, 5.74) is 0. The lowest BCUT2D eigenvalue weighted by Gasteiger charge is -2.32. The van der Waals surface area contributed by atoms with E-state index in [2.05, 4.69) is 17.1 Å². The van der Waals surface area contributed by atoms with Gasteiger partial charge in [0.15, 0.2) is 0 Å². The number of carboxylic acids is 1. The van der Waals surface area contributed by atoms with Crippen LogP contribution in [0.3, 0.4) is 0 Å². The molecule has 0 radical (unpaired) electrons. The number of nitrogens with zero attached hydrogens (tertiary/aromatic N) is 2. The van der Waals surface area contributed by atoms with E-state index in [1.165, 1.54) is 11.9 Å². The summed E-state index contributed by atoms with van der Waals surface area (Å²) in [5.74, 6) is -0.990. The van der Waals surface area contributed by atoms with E-state index in [-0.39, 0.29) is 12.1 Å². The molecule has 0 spiro atoms. The molecule has 1 heterocycles. The second-order valence-corrected chi connectivity index (χ2v) is 4.95. The minimum atomic E-state index is -0.990. The monoisotopic (exact) mass is 287 g/mol. The van der Waals surface area contributed by atoms with Crippen LogP contribution < -0.4 is 5.32 Å². The third-order valence-electron chi connectivity index (χ3n) is 3.61. The first kappa shape index (κ1) is 16.7. The molecule has 0 saturated carbocycles. The lowest BCUT2D eigenvalue weighted by atomic mass is 10.2. The number of likely N-dealkylation sites (N-methyl/N-ethyl adjacent to an activating group) is 2. The first-order chi connectivity index (χ1) is 9.49. The van der Waals surface area contributed by atoms with Crippen LogP contribution in [0.15, 0.2) is 0 Å². The van der Waals surface area contributed by atoms with Crippen LogP contribution in [0, 0.1) is 0 Å². The van der Waals surface area contributed by atoms with Gasteiger partial charge in [-0.1, -0.05) is 13.8 Å². The fraction of sp³-hybridized carbons (Fsp3) is 0.846. The van der Waals surface area contributed by atoms with Gasteiger partial charge in [0.1, 0.15) is 6.04 Å². The number of hydrogen-bond acceptors (Lipinski definition) is 4. The maximum Gasteiger partial charge on any atom is 0.326 e. The normalized spacial score (nSPS) is 21.2. The van der Waals surface area contributed by atoms with Crippen LogP contribution in [0.2, 0.25) is 0 Å². The highest BCUT2D eigenvalue weighted by Gasteiger charge is 2.26. The number of rotatable bonds is 6. The van der Waals surface area contributed by atoms with E-state index in [1.54, 1.807) is 6.92 Å². The zero-order valence-electron chi connectivity index (χ0n) is 12.5. The van der Waals surface area contributed by atoms with Gasteiger partial charge in [-0.25, -0.2) is 9.59 Å². The summed E-state index contributed by atoms with van der Waals surface area (Å²) < 4.78 is 5.58. The smallest absolute Gasteiger partial charge is 0.326 e. The van der Waals surface area contributed by atoms with Crippen molar-refractivity contribution in [3.05, 3.63) is 0 Å². The van der Waals surface area contributed by atoms with Gasteiger partial charge < -0.3 is 20.1 Å². The second-order valence-electron chi connectivity index (χ2n) is 4.95. The third kappa shape index (κ3) is 4.64. The molecule has 0 aliphatic carbocycles. The zero-order chi connectivity index (χ0) is 15.1. The number of carbonyl (C=O) groups excluding carboxylic acids is 1. The summed E-state index contributed by atoms with van der Waals surface area (Å²) >= 11 is 0. The molecule has 1 rings (SSSR count). The zero-order valence-corrected chi connectivity index (χ0v) is 12.5. The third-order valence-corrected chi connectivity index (χ3v) is 3.61. The van der Waals surface area contributed by atoms with Crippen molar-refractivity contribution < 1.29 is 19.4 Å². The highest BCUT2D eigenvalue weighted by Crippen LogP contribution is 2.05. The molecular formula is C13H25N3O4. The van der Waals surface area contributed by atoms with Gasteiger partial charge in [0.25, 0.3) is 0 Å². The number of carbonyl (C=O) groups is 2. The molecular weight excluding hydrogens is 262 g/mol. The average Bonchev–Trinajstić information content (AvgIpc) is 2.45. The first-order valence-corrected chi connectivity index (χ1v) is 7.07. The van der Waals surface area contributed by atoms with Gasteiger partial charge >= 0.3 is 12.0 Å². The SMILES string of the molecule is CCC(C(=O)O)N(C)C(=O)NCC1CN(CC)CCO1. The Morgan fingerprint density at radius 1 is 1.50 bits per heavy atom. The number of ether oxygens (including phenoxy) is 1. The van der Waals surface area contributed by atoms with E-state index in [1.807, 2.05) is 0 Å². The molecule has 7 nitrogen and oxygen atoms in total. The van der Waals surface area contributed by atoms with Gasteiger partial charge in [-0.15, -0.1) is 0 Å². The van der Waals surface area contributed by atoms with Gasteiger partial charge in [-0.2, -0.15) is 0 Å². The van der Waals surface area contributed by atoms with Crippen LogP contribution in [-0.4, -0.2) is 78.9 Å². The van der Waals surface area contributed by atoms with Gasteiger partial charge in [0.05, 0.1) is 12.7 Å². The van der Waals surface area contributed by atoms with E-state index < -0.39 is 12.0 Å². The number of aliphatic carboxylic acids is 1. The van der Waals surface area contributed by atoms with Crippen LogP contribution in [0.4, 0.5) is 4.79 Å². The maximum absolute atomic E-state index is 11.9. The van der Waals surface area contributed by atoms with Crippen molar-refractivity contribution in [2.75, 3.05) is 39.8 Å². The molecule has 1 saturated heterocycles. The highest BCUT2D eigenvalue weighted by molar-refractivity contribution is 5.82. The predicted molar refractivity (Wildman–Crippen MR) is 74.7 cm³/mol. The summed E-state index contributed by atoms with van der Waals surface area (Å²) in [6.45, 7) is 7.56. The Morgan fingerprint density at radius 2 is 2.20 bits per heavy atom. The van der Waals surface area contributed by atoms with Crippen LogP contribution in [0.25, 0.3) is 0 Å². The lowest BCUT2D eigenvalue weighted by Crippen LogP contribution is -2.51. The van der Waals surface area contributed by atoms with Crippen LogP contribution in [0.1, 0.15) is 20.3 Å². The Morgan fingerprint density at radius 3 is 2.75 bits per heavy atom. The molecule has 0 aromatic rings. The van der Waals surface area contributed by atoms with Gasteiger partial charge in [-0.05, 0) is 13.0 Å². The van der Waals surface area contributed by atoms with Crippen LogP contribution in [-0.2, 0) is 9.53 Å². The quantitative estimate of drug-likeness (QED) is 0.730. The van der Waals surface area contributed by atoms with Crippen molar-refractivity contribution in [1.29, 1.82) is 0 Å². The molecule has 1 aliphatic heterocycles. The molecule has 2 atom stereocenters. The Hall–Kier alpha value is -1.34. The fourth-order valence-corrected chi connectivity index (χ4v) is 2.27. The van der Waals surface area contributed by atoms with E-state index in [9.17, 15) is 9.59 Å². The van der Waals surface area contributed by atoms with Gasteiger partial charge in [0, 0.05) is 26.7 Å². The van der Waals surface area contributed by atoms with E-state index >= 15 is 0 Å². The number of amides is 2. The Labute approximate surface area is 119 Å². The number of nitrogens with one attached hydrogen (secondary N) is 1. The van der Waals surface area contributed by atoms with Gasteiger partial charge in [0.2, 0.25) is 0 Å². The summed E-state index contributed by atoms with van der Waals surface area (Å²) in [6, 6.07) is -1.18. The first-order valence-electron chi connectivity index (χ1n) is 7.07. The highest BCUT2D eigenvalue weighted by atomic mass is 16.5. The topological polar surface area (TPSA) is 82.1 Å². The van der Waals surface area contributed by atoms with E-state index in [4.69, 9.17) is 9.84 Å². The number of urea groups is 1. The molecule has 7 heteroatoms. The van der Waals surface area contributed by atoms with Crippen molar-refractivity contribution in [1.82, 2.24) is 15.1 Å². The Balaban J connectivity index is 2.40. The van der Waals surface area contributed by atoms with Crippen molar-refractivity contribution in [3.8, 4) is 0 Å². The molecule has 1 aliphatic rings. The molecule has 116 valence electrons. The Bertz CT molecular complexity index is 338. The van der Waals surface area contributed by atoms with Crippen molar-refractivity contribution in [2.24, 2.45) is 0 Å². The second kappa shape index (κ2) is 8.06. The Kier molecular flexibility index (Phi) is 6.74. The maximum atomic E-state index is 11.9. The summed E-state index contributed by atoms with van der Waals surface area (Å²) in [4.78, 5) is 26.4. The lowest BCUT2D eigenvalue weighted by molar-refractivity contribution is -0.141. The minimum Gasteiger partial charge on any atom is -0.480 e. The minimum absolute atomic E-state index is 0.0362. The van der Waals surface area contributed by atoms with Crippen molar-refractivity contribution in [3.63, 3.8) is 0 Å². The van der Waals surface area contributed by atoms with E-state index in [0.29, 0.717) is 19.6 Å². The fourth-order valence-electron chi connectivity index (χ4n) is 2.27. The molecule has 0 aromatic heterocycles. The molecule has 1 fully saturated rings. The van der Waals surface area contributed by atoms with E-state index in [0.717, 1.165) is 19.6 Å². The summed E-state index contributed by atoms with van der Waals surface area (Å²) in [5, 5.41) is 11.8. The predicted octanol–water partition coefficient (Wildman–Crippen LogP) is 0.212. The van der Waals surface area contributed by atoms with Crippen LogP contribution >= 0.6 is 0 Å². The number of hydrogen-bond donors (Lipinski definition) is 2. The molecule has 2 N–H and O–H groups in total. The molecule has 2 unspecified atom stereocenters. The molecule has 0 aromatic carbocycles. The number of carboxylic acid groups (broad SMARTS) is 1. The average molecular weight is 287 g/mol. The summed E-state index contributed by atoms with van der Waals surface area (Å²) in [7, 11) is 1.50. The number of morpholine rings is 1. The van der Waals surface area contributed by atoms with Crippen molar-refractivity contribution >= 4 is 12.0 Å².